The number of nitrogens with two attached hydrogens (primary N) is 1. The lowest BCUT2D eigenvalue weighted by molar-refractivity contribution is 0.340. The molecule has 1 heterocycles. The van der Waals surface area contributed by atoms with Crippen molar-refractivity contribution in [1.82, 2.24) is 0 Å². The van der Waals surface area contributed by atoms with Crippen molar-refractivity contribution in [3.05, 3.63) is 48.5 Å². The molecule has 19 heavy (non-hydrogen) atoms. The molecule has 0 spiro atoms. The van der Waals surface area contributed by atoms with Crippen molar-refractivity contribution in [3.8, 4) is 5.75 Å². The number of hydrogen-bond acceptors (Lipinski definition) is 3. The fraction of sp³-hybridized carbons (Fsp3) is 0.231. The Morgan fingerprint density at radius 1 is 1.32 bits per heavy atom. The summed E-state index contributed by atoms with van der Waals surface area (Å²) in [6, 6.07) is 7.22. The van der Waals surface area contributed by atoms with Gasteiger partial charge in [0.15, 0.2) is 0 Å². The molecule has 102 valence electrons. The van der Waals surface area contributed by atoms with E-state index >= 15 is 0 Å². The first kappa shape index (κ1) is 15.1. The van der Waals surface area contributed by atoms with E-state index in [4.69, 9.17) is 33.7 Å². The molecule has 1 atom stereocenters. The zero-order chi connectivity index (χ0) is 14.0. The lowest BCUT2D eigenvalue weighted by Gasteiger charge is -2.14. The third-order valence-electron chi connectivity index (χ3n) is 2.64. The smallest absolute Gasteiger partial charge is 0.120 e. The van der Waals surface area contributed by atoms with Gasteiger partial charge in [0.1, 0.15) is 5.75 Å². The van der Waals surface area contributed by atoms with Crippen molar-refractivity contribution >= 4 is 50.5 Å². The van der Waals surface area contributed by atoms with Gasteiger partial charge in [-0.2, -0.15) is 0 Å². The van der Waals surface area contributed by atoms with E-state index in [1.165, 1.54) is 11.3 Å². The van der Waals surface area contributed by atoms with E-state index in [1.54, 1.807) is 0 Å². The minimum absolute atomic E-state index is 0.318. The van der Waals surface area contributed by atoms with Gasteiger partial charge in [-0.05, 0) is 30.7 Å². The van der Waals surface area contributed by atoms with Crippen molar-refractivity contribution in [3.63, 3.8) is 0 Å². The van der Waals surface area contributed by atoms with Gasteiger partial charge in [0.25, 0.3) is 0 Å². The summed E-state index contributed by atoms with van der Waals surface area (Å²) < 4.78 is 7.59. The van der Waals surface area contributed by atoms with Gasteiger partial charge >= 0.3 is 0 Å². The highest BCUT2D eigenvalue weighted by molar-refractivity contribution is 9.10. The molecule has 0 fully saturated rings. The van der Waals surface area contributed by atoms with E-state index in [-0.39, 0.29) is 6.04 Å². The molecule has 0 saturated heterocycles. The molecule has 1 unspecified atom stereocenters. The summed E-state index contributed by atoms with van der Waals surface area (Å²) in [5.74, 6) is 0.805. The Labute approximate surface area is 134 Å². The van der Waals surface area contributed by atoms with Crippen LogP contribution in [-0.2, 0) is 0 Å². The van der Waals surface area contributed by atoms with Crippen LogP contribution in [0.15, 0.2) is 28.7 Å². The number of halogens is 3. The summed E-state index contributed by atoms with van der Waals surface area (Å²) in [6.07, 6.45) is 0. The molecule has 0 aliphatic carbocycles. The largest absolute Gasteiger partial charge is 0.494 e. The van der Waals surface area contributed by atoms with Crippen molar-refractivity contribution in [2.75, 3.05) is 6.61 Å². The Morgan fingerprint density at radius 3 is 2.58 bits per heavy atom. The third-order valence-corrected chi connectivity index (χ3v) is 4.84. The van der Waals surface area contributed by atoms with Crippen molar-refractivity contribution in [1.29, 1.82) is 0 Å². The molecular formula is C13H12BrCl2NOS. The second-order valence-electron chi connectivity index (χ2n) is 3.87. The Morgan fingerprint density at radius 2 is 2.05 bits per heavy atom. The van der Waals surface area contributed by atoms with Gasteiger partial charge in [0.2, 0.25) is 0 Å². The molecule has 2 N–H and O–H groups in total. The first-order valence-electron chi connectivity index (χ1n) is 5.65. The average Bonchev–Trinajstić information content (AvgIpc) is 2.68. The maximum absolute atomic E-state index is 6.25. The van der Waals surface area contributed by atoms with Gasteiger partial charge in [-0.15, -0.1) is 11.3 Å². The Kier molecular flexibility index (Phi) is 5.15. The summed E-state index contributed by atoms with van der Waals surface area (Å²) in [7, 11) is 0. The molecule has 2 nitrogen and oxygen atoms in total. The van der Waals surface area contributed by atoms with E-state index in [0.717, 1.165) is 21.3 Å². The Balaban J connectivity index is 2.33. The van der Waals surface area contributed by atoms with E-state index in [2.05, 4.69) is 15.9 Å². The summed E-state index contributed by atoms with van der Waals surface area (Å²) in [6.45, 7) is 2.57. The van der Waals surface area contributed by atoms with E-state index in [9.17, 15) is 0 Å². The van der Waals surface area contributed by atoms with Crippen LogP contribution in [0.2, 0.25) is 8.67 Å². The maximum atomic E-state index is 6.25. The molecule has 1 aromatic carbocycles. The van der Waals surface area contributed by atoms with Crippen LogP contribution in [0.1, 0.15) is 24.1 Å². The number of ether oxygens (including phenoxy) is 1. The molecule has 0 saturated carbocycles. The molecule has 0 aliphatic heterocycles. The minimum atomic E-state index is -0.318. The lowest BCUT2D eigenvalue weighted by Crippen LogP contribution is -2.12. The van der Waals surface area contributed by atoms with Crippen LogP contribution in [-0.4, -0.2) is 6.61 Å². The Bertz CT molecular complexity index is 588. The van der Waals surface area contributed by atoms with Crippen LogP contribution < -0.4 is 10.5 Å². The topological polar surface area (TPSA) is 35.2 Å². The van der Waals surface area contributed by atoms with Crippen LogP contribution in [0.25, 0.3) is 0 Å². The maximum Gasteiger partial charge on any atom is 0.120 e. The highest BCUT2D eigenvalue weighted by Crippen LogP contribution is 2.38. The molecular weight excluding hydrogens is 369 g/mol. The highest BCUT2D eigenvalue weighted by Gasteiger charge is 2.18. The molecule has 2 aromatic rings. The van der Waals surface area contributed by atoms with Crippen LogP contribution in [0.5, 0.6) is 5.75 Å². The molecule has 6 heteroatoms. The molecule has 0 radical (unpaired) electrons. The molecule has 2 rings (SSSR count). The number of hydrogen-bond donors (Lipinski definition) is 1. The van der Waals surface area contributed by atoms with Crippen molar-refractivity contribution in [2.24, 2.45) is 5.73 Å². The van der Waals surface area contributed by atoms with Gasteiger partial charge < -0.3 is 10.5 Å². The first-order valence-corrected chi connectivity index (χ1v) is 8.02. The van der Waals surface area contributed by atoms with E-state index in [1.807, 2.05) is 31.2 Å². The van der Waals surface area contributed by atoms with Gasteiger partial charge in [-0.3, -0.25) is 0 Å². The zero-order valence-corrected chi connectivity index (χ0v) is 14.0. The fourth-order valence-corrected chi connectivity index (χ4v) is 3.90. The van der Waals surface area contributed by atoms with Gasteiger partial charge in [0.05, 0.1) is 21.3 Å². The van der Waals surface area contributed by atoms with Crippen LogP contribution >= 0.6 is 50.5 Å². The summed E-state index contributed by atoms with van der Waals surface area (Å²) in [4.78, 5) is 0. The molecule has 1 aromatic heterocycles. The van der Waals surface area contributed by atoms with Crippen molar-refractivity contribution < 1.29 is 4.74 Å². The lowest BCUT2D eigenvalue weighted by atomic mass is 10.0. The van der Waals surface area contributed by atoms with Crippen LogP contribution in [0.3, 0.4) is 0 Å². The number of rotatable bonds is 4. The second-order valence-corrected chi connectivity index (χ2v) is 7.01. The van der Waals surface area contributed by atoms with Gasteiger partial charge in [0, 0.05) is 10.0 Å². The van der Waals surface area contributed by atoms with Crippen molar-refractivity contribution in [2.45, 2.75) is 13.0 Å². The predicted molar refractivity (Wildman–Crippen MR) is 85.7 cm³/mol. The second kappa shape index (κ2) is 6.46. The summed E-state index contributed by atoms with van der Waals surface area (Å²) >= 11 is 16.9. The zero-order valence-electron chi connectivity index (χ0n) is 10.1. The normalized spacial score (nSPS) is 12.5. The minimum Gasteiger partial charge on any atom is -0.494 e. The van der Waals surface area contributed by atoms with Crippen LogP contribution in [0, 0.1) is 0 Å². The summed E-state index contributed by atoms with van der Waals surface area (Å²) in [5.41, 5.74) is 8.03. The Hall–Kier alpha value is -0.260. The number of thiophene rings is 1. The van der Waals surface area contributed by atoms with Crippen LogP contribution in [0.4, 0.5) is 0 Å². The SMILES string of the molecule is CCOc1ccc(C(N)c2cc(Cl)sc2Cl)c(Br)c1. The van der Waals surface area contributed by atoms with Gasteiger partial charge in [-0.25, -0.2) is 0 Å². The number of benzene rings is 1. The van der Waals surface area contributed by atoms with E-state index < -0.39 is 0 Å². The molecule has 0 bridgehead atoms. The van der Waals surface area contributed by atoms with E-state index in [0.29, 0.717) is 15.3 Å². The van der Waals surface area contributed by atoms with Gasteiger partial charge in [-0.1, -0.05) is 45.2 Å². The first-order chi connectivity index (χ1) is 9.02. The monoisotopic (exact) mass is 379 g/mol. The highest BCUT2D eigenvalue weighted by atomic mass is 79.9. The third kappa shape index (κ3) is 3.44. The molecule has 0 aliphatic rings. The average molecular weight is 381 g/mol. The molecule has 0 amide bonds. The standard InChI is InChI=1S/C13H12BrCl2NOS/c1-2-18-7-3-4-8(10(14)5-7)12(17)9-6-11(15)19-13(9)16/h3-6,12H,2,17H2,1H3. The quantitative estimate of drug-likeness (QED) is 0.784. The predicted octanol–water partition coefficient (Wildman–Crippen LogP) is 5.26. The fourth-order valence-electron chi connectivity index (χ4n) is 1.75. The summed E-state index contributed by atoms with van der Waals surface area (Å²) in [5, 5.41) is 0.